The normalized spacial score (nSPS) is 26.2. The van der Waals surface area contributed by atoms with E-state index in [2.05, 4.69) is 10.6 Å². The highest BCUT2D eigenvalue weighted by Gasteiger charge is 2.54. The summed E-state index contributed by atoms with van der Waals surface area (Å²) in [6.07, 6.45) is 1.36. The summed E-state index contributed by atoms with van der Waals surface area (Å²) in [5.74, 6) is 0.0165. The molecule has 198 valence electrons. The highest BCUT2D eigenvalue weighted by molar-refractivity contribution is 7.19. The van der Waals surface area contributed by atoms with Crippen LogP contribution in [0.15, 0.2) is 18.2 Å². The predicted molar refractivity (Wildman–Crippen MR) is 134 cm³/mol. The molecule has 4 bridgehead atoms. The van der Waals surface area contributed by atoms with E-state index in [1.807, 2.05) is 0 Å². The van der Waals surface area contributed by atoms with E-state index in [1.54, 1.807) is 0 Å². The number of alkyl halides is 3. The van der Waals surface area contributed by atoms with Gasteiger partial charge in [-0.15, -0.1) is 11.3 Å². The Morgan fingerprint density at radius 2 is 1.65 bits per heavy atom. The summed E-state index contributed by atoms with van der Waals surface area (Å²) in [7, 11) is 1.20. The van der Waals surface area contributed by atoms with E-state index in [0.29, 0.717) is 17.8 Å². The fraction of sp³-hybridized carbons (Fsp3) is 0.500. The highest BCUT2D eigenvalue weighted by Crippen LogP contribution is 2.60. The van der Waals surface area contributed by atoms with E-state index in [1.165, 1.54) is 33.3 Å². The first-order valence-corrected chi connectivity index (χ1v) is 13.3. The van der Waals surface area contributed by atoms with E-state index in [4.69, 9.17) is 16.3 Å². The molecule has 0 aliphatic heterocycles. The van der Waals surface area contributed by atoms with Gasteiger partial charge in [0.25, 0.3) is 5.91 Å². The van der Waals surface area contributed by atoms with Crippen molar-refractivity contribution in [2.75, 3.05) is 17.7 Å². The van der Waals surface area contributed by atoms with Crippen LogP contribution in [0.5, 0.6) is 0 Å². The van der Waals surface area contributed by atoms with Crippen molar-refractivity contribution in [1.82, 2.24) is 0 Å². The van der Waals surface area contributed by atoms with Crippen LogP contribution in [-0.2, 0) is 15.7 Å². The summed E-state index contributed by atoms with van der Waals surface area (Å²) in [4.78, 5) is 39.4. The zero-order valence-corrected chi connectivity index (χ0v) is 21.8. The number of anilines is 2. The molecule has 2 amide bonds. The van der Waals surface area contributed by atoms with Gasteiger partial charge in [-0.1, -0.05) is 11.6 Å². The molecule has 1 heterocycles. The number of benzene rings is 1. The summed E-state index contributed by atoms with van der Waals surface area (Å²) < 4.78 is 44.4. The Labute approximate surface area is 220 Å². The molecule has 1 aromatic carbocycles. The van der Waals surface area contributed by atoms with Crippen LogP contribution >= 0.6 is 22.9 Å². The number of carbonyl (C=O) groups is 3. The van der Waals surface area contributed by atoms with Gasteiger partial charge in [0.15, 0.2) is 0 Å². The van der Waals surface area contributed by atoms with Crippen molar-refractivity contribution in [3.05, 3.63) is 44.8 Å². The van der Waals surface area contributed by atoms with Crippen LogP contribution in [0.4, 0.5) is 23.9 Å². The third kappa shape index (κ3) is 4.74. The lowest BCUT2D eigenvalue weighted by atomic mass is 9.49. The highest BCUT2D eigenvalue weighted by atomic mass is 35.5. The number of ether oxygens (including phenoxy) is 1. The summed E-state index contributed by atoms with van der Waals surface area (Å²) in [5.41, 5.74) is -1.33. The lowest BCUT2D eigenvalue weighted by molar-refractivity contribution is -0.140. The molecule has 0 unspecified atom stereocenters. The van der Waals surface area contributed by atoms with Gasteiger partial charge in [-0.25, -0.2) is 4.79 Å². The average molecular weight is 555 g/mol. The Balaban J connectivity index is 1.43. The minimum Gasteiger partial charge on any atom is -0.465 e. The quantitative estimate of drug-likeness (QED) is 0.393. The number of methoxy groups -OCH3 is 1. The molecule has 4 fully saturated rings. The van der Waals surface area contributed by atoms with Gasteiger partial charge in [-0.3, -0.25) is 9.59 Å². The lowest BCUT2D eigenvalue weighted by Gasteiger charge is -2.55. The van der Waals surface area contributed by atoms with E-state index in [-0.39, 0.29) is 37.6 Å². The van der Waals surface area contributed by atoms with Crippen LogP contribution < -0.4 is 10.6 Å². The number of esters is 1. The van der Waals surface area contributed by atoms with Crippen LogP contribution in [0.1, 0.15) is 69.7 Å². The van der Waals surface area contributed by atoms with Crippen LogP contribution in [0.2, 0.25) is 5.02 Å². The Morgan fingerprint density at radius 1 is 1.05 bits per heavy atom. The van der Waals surface area contributed by atoms with Crippen LogP contribution in [0.3, 0.4) is 0 Å². The summed E-state index contributed by atoms with van der Waals surface area (Å²) in [6, 6.07) is 2.63. The van der Waals surface area contributed by atoms with Gasteiger partial charge in [0.1, 0.15) is 5.00 Å². The van der Waals surface area contributed by atoms with Crippen LogP contribution in [0.25, 0.3) is 0 Å². The zero-order valence-electron chi connectivity index (χ0n) is 20.3. The largest absolute Gasteiger partial charge is 0.465 e. The van der Waals surface area contributed by atoms with Gasteiger partial charge >= 0.3 is 12.1 Å². The molecular weight excluding hydrogens is 529 g/mol. The minimum atomic E-state index is -4.62. The number of nitrogens with one attached hydrogen (secondary N) is 2. The molecule has 4 aliphatic rings. The van der Waals surface area contributed by atoms with Crippen molar-refractivity contribution in [1.29, 1.82) is 0 Å². The van der Waals surface area contributed by atoms with Crippen molar-refractivity contribution in [2.45, 2.75) is 51.6 Å². The maximum atomic E-state index is 13.6. The number of carbonyl (C=O) groups excluding carboxylic acids is 3. The second-order valence-electron chi connectivity index (χ2n) is 10.6. The molecule has 0 saturated heterocycles. The Kier molecular flexibility index (Phi) is 6.55. The van der Waals surface area contributed by atoms with Gasteiger partial charge in [-0.2, -0.15) is 13.2 Å². The SMILES string of the molecule is COC(=O)c1c(NC(=O)C23CC4CC(CC(C4)C2)C3)sc(C(=O)Nc2cc(C(F)(F)F)ccc2Cl)c1C. The smallest absolute Gasteiger partial charge is 0.416 e. The maximum absolute atomic E-state index is 13.6. The molecule has 2 N–H and O–H groups in total. The zero-order chi connectivity index (χ0) is 26.7. The molecule has 1 aromatic heterocycles. The third-order valence-corrected chi connectivity index (χ3v) is 9.57. The second kappa shape index (κ2) is 9.31. The van der Waals surface area contributed by atoms with Crippen molar-refractivity contribution >= 4 is 51.4 Å². The molecule has 0 atom stereocenters. The van der Waals surface area contributed by atoms with Gasteiger partial charge in [0, 0.05) is 0 Å². The lowest BCUT2D eigenvalue weighted by Crippen LogP contribution is -2.51. The monoisotopic (exact) mass is 554 g/mol. The number of rotatable bonds is 5. The molecule has 2 aromatic rings. The topological polar surface area (TPSA) is 84.5 Å². The first-order valence-electron chi connectivity index (χ1n) is 12.1. The van der Waals surface area contributed by atoms with E-state index in [9.17, 15) is 27.6 Å². The van der Waals surface area contributed by atoms with Crippen molar-refractivity contribution in [2.24, 2.45) is 23.2 Å². The average Bonchev–Trinajstić information content (AvgIpc) is 3.14. The van der Waals surface area contributed by atoms with E-state index < -0.39 is 29.0 Å². The van der Waals surface area contributed by atoms with E-state index in [0.717, 1.165) is 48.8 Å². The summed E-state index contributed by atoms with van der Waals surface area (Å²) in [6.45, 7) is 1.53. The maximum Gasteiger partial charge on any atom is 0.416 e. The summed E-state index contributed by atoms with van der Waals surface area (Å²) in [5, 5.41) is 5.47. The standard InChI is InChI=1S/C26H26ClF3N2O4S/c1-12-19(23(34)36-2)22(32-24(35)25-9-13-5-14(10-25)7-15(6-13)11-25)37-20(12)21(33)31-18-8-16(26(28,29)30)3-4-17(18)27/h3-4,8,13-15H,5-7,9-11H2,1-2H3,(H,31,33)(H,32,35). The predicted octanol–water partition coefficient (Wildman–Crippen LogP) is 6.92. The fourth-order valence-corrected chi connectivity index (χ4v) is 8.02. The number of thiophene rings is 1. The molecule has 11 heteroatoms. The molecule has 0 radical (unpaired) electrons. The van der Waals surface area contributed by atoms with Crippen molar-refractivity contribution < 1.29 is 32.3 Å². The molecule has 6 rings (SSSR count). The first-order chi connectivity index (χ1) is 17.4. The van der Waals surface area contributed by atoms with Gasteiger partial charge < -0.3 is 15.4 Å². The molecule has 6 nitrogen and oxygen atoms in total. The van der Waals surface area contributed by atoms with E-state index >= 15 is 0 Å². The minimum absolute atomic E-state index is 0.0610. The summed E-state index contributed by atoms with van der Waals surface area (Å²) >= 11 is 6.93. The molecule has 4 saturated carbocycles. The number of halogens is 4. The van der Waals surface area contributed by atoms with Crippen LogP contribution in [0, 0.1) is 30.1 Å². The van der Waals surface area contributed by atoms with Crippen molar-refractivity contribution in [3.63, 3.8) is 0 Å². The Bertz CT molecular complexity index is 1250. The number of hydrogen-bond acceptors (Lipinski definition) is 5. The molecule has 37 heavy (non-hydrogen) atoms. The molecule has 4 aliphatic carbocycles. The first kappa shape index (κ1) is 26.0. The van der Waals surface area contributed by atoms with Crippen molar-refractivity contribution in [3.8, 4) is 0 Å². The fourth-order valence-electron chi connectivity index (χ4n) is 6.77. The van der Waals surface area contributed by atoms with Gasteiger partial charge in [0.05, 0.1) is 39.2 Å². The molecular formula is C26H26ClF3N2O4S. The Morgan fingerprint density at radius 3 is 2.19 bits per heavy atom. The molecule has 0 spiro atoms. The second-order valence-corrected chi connectivity index (χ2v) is 12.0. The third-order valence-electron chi connectivity index (χ3n) is 8.03. The van der Waals surface area contributed by atoms with Gasteiger partial charge in [0.2, 0.25) is 5.91 Å². The number of hydrogen-bond donors (Lipinski definition) is 2. The van der Waals surface area contributed by atoms with Gasteiger partial charge in [-0.05, 0) is 87.0 Å². The van der Waals surface area contributed by atoms with Crippen LogP contribution in [-0.4, -0.2) is 24.9 Å². The Hall–Kier alpha value is -2.59. The number of amides is 2.